The van der Waals surface area contributed by atoms with Crippen LogP contribution in [-0.4, -0.2) is 43.6 Å². The smallest absolute Gasteiger partial charge is 0.262 e. The summed E-state index contributed by atoms with van der Waals surface area (Å²) in [6, 6.07) is 24.9. The van der Waals surface area contributed by atoms with Gasteiger partial charge in [-0.3, -0.25) is 9.69 Å². The van der Waals surface area contributed by atoms with Crippen LogP contribution in [-0.2, 0) is 11.3 Å². The highest BCUT2D eigenvalue weighted by atomic mass is 35.5. The van der Waals surface area contributed by atoms with Crippen LogP contribution >= 0.6 is 12.4 Å². The van der Waals surface area contributed by atoms with Crippen LogP contribution in [0.2, 0.25) is 0 Å². The zero-order valence-electron chi connectivity index (χ0n) is 20.9. The molecule has 35 heavy (non-hydrogen) atoms. The minimum Gasteiger partial charge on any atom is -0.483 e. The highest BCUT2D eigenvalue weighted by Gasteiger charge is 2.17. The lowest BCUT2D eigenvalue weighted by Crippen LogP contribution is -2.45. The van der Waals surface area contributed by atoms with E-state index >= 15 is 0 Å². The molecule has 0 saturated carbocycles. The van der Waals surface area contributed by atoms with Crippen molar-refractivity contribution in [1.82, 2.24) is 4.90 Å². The number of carbonyl (C=O) groups is 1. The number of amides is 1. The van der Waals surface area contributed by atoms with Gasteiger partial charge in [-0.2, -0.15) is 0 Å². The summed E-state index contributed by atoms with van der Waals surface area (Å²) in [5.74, 6) is 0.969. The van der Waals surface area contributed by atoms with Crippen molar-refractivity contribution in [2.24, 2.45) is 0 Å². The zero-order valence-corrected chi connectivity index (χ0v) is 21.7. The van der Waals surface area contributed by atoms with Crippen LogP contribution in [0.3, 0.4) is 0 Å². The molecule has 1 aliphatic rings. The van der Waals surface area contributed by atoms with E-state index in [0.717, 1.165) is 55.3 Å². The molecule has 1 saturated heterocycles. The summed E-state index contributed by atoms with van der Waals surface area (Å²) in [5.41, 5.74) is 5.58. The Morgan fingerprint density at radius 1 is 0.943 bits per heavy atom. The Kier molecular flexibility index (Phi) is 9.58. The van der Waals surface area contributed by atoms with Gasteiger partial charge in [0.1, 0.15) is 5.75 Å². The maximum Gasteiger partial charge on any atom is 0.262 e. The number of anilines is 2. The fourth-order valence-electron chi connectivity index (χ4n) is 4.35. The van der Waals surface area contributed by atoms with Gasteiger partial charge in [0.2, 0.25) is 0 Å². The predicted octanol–water partition coefficient (Wildman–Crippen LogP) is 5.88. The number of aryl methyl sites for hydroxylation is 1. The van der Waals surface area contributed by atoms with Crippen LogP contribution in [0.4, 0.5) is 11.4 Å². The van der Waals surface area contributed by atoms with Crippen molar-refractivity contribution in [1.29, 1.82) is 0 Å². The highest BCUT2D eigenvalue weighted by Crippen LogP contribution is 2.27. The fourth-order valence-corrected chi connectivity index (χ4v) is 4.35. The second-order valence-electron chi connectivity index (χ2n) is 9.33. The first-order chi connectivity index (χ1) is 16.5. The van der Waals surface area contributed by atoms with Gasteiger partial charge < -0.3 is 15.0 Å². The molecule has 186 valence electrons. The largest absolute Gasteiger partial charge is 0.483 e. The lowest BCUT2D eigenvalue weighted by Gasteiger charge is -2.36. The Hall–Kier alpha value is -3.02. The summed E-state index contributed by atoms with van der Waals surface area (Å²) >= 11 is 0. The molecule has 3 aromatic rings. The lowest BCUT2D eigenvalue weighted by atomic mass is 10.0. The summed E-state index contributed by atoms with van der Waals surface area (Å²) in [5, 5.41) is 2.95. The van der Waals surface area contributed by atoms with Crippen LogP contribution in [0.25, 0.3) is 0 Å². The normalized spacial score (nSPS) is 13.9. The molecule has 0 atom stereocenters. The summed E-state index contributed by atoms with van der Waals surface area (Å²) < 4.78 is 5.86. The molecule has 4 rings (SSSR count). The van der Waals surface area contributed by atoms with Gasteiger partial charge in [0.15, 0.2) is 6.61 Å². The van der Waals surface area contributed by atoms with Crippen LogP contribution in [0.15, 0.2) is 72.8 Å². The number of nitrogens with zero attached hydrogens (tertiary/aromatic N) is 2. The maximum atomic E-state index is 12.5. The second-order valence-corrected chi connectivity index (χ2v) is 9.33. The van der Waals surface area contributed by atoms with E-state index in [0.29, 0.717) is 5.92 Å². The van der Waals surface area contributed by atoms with E-state index in [1.807, 2.05) is 25.1 Å². The van der Waals surface area contributed by atoms with Gasteiger partial charge in [-0.05, 0) is 59.9 Å². The number of nitrogens with one attached hydrogen (secondary N) is 1. The Morgan fingerprint density at radius 3 is 2.29 bits per heavy atom. The molecule has 0 spiro atoms. The highest BCUT2D eigenvalue weighted by molar-refractivity contribution is 5.92. The van der Waals surface area contributed by atoms with E-state index in [4.69, 9.17) is 4.74 Å². The van der Waals surface area contributed by atoms with Gasteiger partial charge in [0, 0.05) is 44.1 Å². The van der Waals surface area contributed by atoms with E-state index in [1.165, 1.54) is 11.3 Å². The minimum absolute atomic E-state index is 0. The molecule has 0 unspecified atom stereocenters. The number of benzene rings is 3. The molecule has 0 bridgehead atoms. The monoisotopic (exact) mass is 493 g/mol. The van der Waals surface area contributed by atoms with Crippen molar-refractivity contribution >= 4 is 29.7 Å². The maximum absolute atomic E-state index is 12.5. The summed E-state index contributed by atoms with van der Waals surface area (Å²) in [7, 11) is 0. The summed E-state index contributed by atoms with van der Waals surface area (Å²) in [4.78, 5) is 17.4. The average Bonchev–Trinajstić information content (AvgIpc) is 2.84. The summed E-state index contributed by atoms with van der Waals surface area (Å²) in [6.45, 7) is 11.4. The lowest BCUT2D eigenvalue weighted by molar-refractivity contribution is -0.118. The third-order valence-electron chi connectivity index (χ3n) is 6.29. The molecule has 1 N–H and O–H groups in total. The Balaban J connectivity index is 0.00000342. The first kappa shape index (κ1) is 26.6. The first-order valence-electron chi connectivity index (χ1n) is 12.1. The number of rotatable bonds is 8. The average molecular weight is 494 g/mol. The molecule has 1 heterocycles. The third kappa shape index (κ3) is 7.48. The van der Waals surface area contributed by atoms with Crippen LogP contribution in [0.1, 0.15) is 36.5 Å². The van der Waals surface area contributed by atoms with E-state index < -0.39 is 0 Å². The Bertz CT molecular complexity index is 1080. The molecule has 0 radical (unpaired) electrons. The molecule has 5 nitrogen and oxygen atoms in total. The van der Waals surface area contributed by atoms with Gasteiger partial charge in [-0.25, -0.2) is 0 Å². The van der Waals surface area contributed by atoms with E-state index in [2.05, 4.69) is 83.6 Å². The topological polar surface area (TPSA) is 44.8 Å². The molecule has 6 heteroatoms. The molecule has 1 fully saturated rings. The van der Waals surface area contributed by atoms with Gasteiger partial charge in [-0.1, -0.05) is 56.3 Å². The van der Waals surface area contributed by atoms with Crippen molar-refractivity contribution in [3.63, 3.8) is 0 Å². The van der Waals surface area contributed by atoms with Crippen molar-refractivity contribution in [3.05, 3.63) is 89.5 Å². The van der Waals surface area contributed by atoms with Gasteiger partial charge in [-0.15, -0.1) is 12.4 Å². The number of carbonyl (C=O) groups excluding carboxylic acids is 1. The van der Waals surface area contributed by atoms with Crippen molar-refractivity contribution in [2.45, 2.75) is 33.2 Å². The van der Waals surface area contributed by atoms with Crippen LogP contribution < -0.4 is 15.0 Å². The van der Waals surface area contributed by atoms with Crippen molar-refractivity contribution < 1.29 is 9.53 Å². The second kappa shape index (κ2) is 12.6. The Labute approximate surface area is 215 Å². The SMILES string of the molecule is Cc1ccc(C(C)C)c(OCC(=O)Nc2ccc(N3CCN(Cc4ccccc4)CC3)cc2)c1.Cl. The molecular weight excluding hydrogens is 458 g/mol. The van der Waals surface area contributed by atoms with E-state index in [1.54, 1.807) is 0 Å². The fraction of sp³-hybridized carbons (Fsp3) is 0.345. The number of ether oxygens (including phenoxy) is 1. The number of piperazine rings is 1. The summed E-state index contributed by atoms with van der Waals surface area (Å²) in [6.07, 6.45) is 0. The molecule has 3 aromatic carbocycles. The van der Waals surface area contributed by atoms with Crippen LogP contribution in [0.5, 0.6) is 5.75 Å². The van der Waals surface area contributed by atoms with E-state index in [9.17, 15) is 4.79 Å². The van der Waals surface area contributed by atoms with Crippen LogP contribution in [0, 0.1) is 6.92 Å². The molecule has 0 aromatic heterocycles. The number of hydrogen-bond acceptors (Lipinski definition) is 4. The van der Waals surface area contributed by atoms with Gasteiger partial charge in [0.05, 0.1) is 0 Å². The Morgan fingerprint density at radius 2 is 1.63 bits per heavy atom. The van der Waals surface area contributed by atoms with Gasteiger partial charge >= 0.3 is 0 Å². The molecule has 1 aliphatic heterocycles. The van der Waals surface area contributed by atoms with Gasteiger partial charge in [0.25, 0.3) is 5.91 Å². The number of halogens is 1. The van der Waals surface area contributed by atoms with E-state index in [-0.39, 0.29) is 24.9 Å². The molecule has 0 aliphatic carbocycles. The molecular formula is C29H36ClN3O2. The minimum atomic E-state index is -0.154. The van der Waals surface area contributed by atoms with Crippen molar-refractivity contribution in [2.75, 3.05) is 43.0 Å². The van der Waals surface area contributed by atoms with Crippen molar-refractivity contribution in [3.8, 4) is 5.75 Å². The number of hydrogen-bond donors (Lipinski definition) is 1. The zero-order chi connectivity index (χ0) is 23.9. The predicted molar refractivity (Wildman–Crippen MR) is 147 cm³/mol. The molecule has 1 amide bonds. The quantitative estimate of drug-likeness (QED) is 0.425. The standard InChI is InChI=1S/C29H35N3O2.ClH/c1-22(2)27-14-9-23(3)19-28(27)34-21-29(33)30-25-10-12-26(13-11-25)32-17-15-31(16-18-32)20-24-7-5-4-6-8-24;/h4-14,19,22H,15-18,20-21H2,1-3H3,(H,30,33);1H. The first-order valence-corrected chi connectivity index (χ1v) is 12.1. The third-order valence-corrected chi connectivity index (χ3v) is 6.29.